The van der Waals surface area contributed by atoms with Crippen molar-refractivity contribution < 1.29 is 4.79 Å². The minimum atomic E-state index is -0.299. The lowest BCUT2D eigenvalue weighted by Crippen LogP contribution is -2.44. The predicted octanol–water partition coefficient (Wildman–Crippen LogP) is 3.25. The summed E-state index contributed by atoms with van der Waals surface area (Å²) in [7, 11) is 0. The summed E-state index contributed by atoms with van der Waals surface area (Å²) in [6.07, 6.45) is 0. The number of amides is 1. The molecule has 0 aliphatic rings. The molecular formula is C18H21N5O. The van der Waals surface area contributed by atoms with Gasteiger partial charge in [-0.3, -0.25) is 4.79 Å². The van der Waals surface area contributed by atoms with E-state index in [1.807, 2.05) is 64.1 Å². The van der Waals surface area contributed by atoms with Crippen LogP contribution in [0.2, 0.25) is 0 Å². The minimum absolute atomic E-state index is 0.0118. The van der Waals surface area contributed by atoms with Crippen LogP contribution < -0.4 is 4.90 Å². The number of carbonyl (C=O) groups excluding carboxylic acids is 1. The SMILES string of the molecule is CC(=O)N(c1cccc(-c2ccc3nnc(C)n3n2)c1)C(C)(C)C. The van der Waals surface area contributed by atoms with Crippen molar-refractivity contribution in [1.82, 2.24) is 19.8 Å². The van der Waals surface area contributed by atoms with Crippen LogP contribution in [0, 0.1) is 6.92 Å². The molecule has 0 saturated heterocycles. The third-order valence-corrected chi connectivity index (χ3v) is 3.80. The molecule has 3 rings (SSSR count). The van der Waals surface area contributed by atoms with Crippen LogP contribution in [0.1, 0.15) is 33.5 Å². The monoisotopic (exact) mass is 323 g/mol. The zero-order chi connectivity index (χ0) is 17.5. The Labute approximate surface area is 141 Å². The molecule has 24 heavy (non-hydrogen) atoms. The lowest BCUT2D eigenvalue weighted by Gasteiger charge is -2.35. The number of fused-ring (bicyclic) bond motifs is 1. The molecule has 1 aromatic carbocycles. The molecule has 3 aromatic rings. The van der Waals surface area contributed by atoms with Crippen molar-refractivity contribution in [2.24, 2.45) is 0 Å². The predicted molar refractivity (Wildman–Crippen MR) is 93.9 cm³/mol. The normalized spacial score (nSPS) is 11.7. The van der Waals surface area contributed by atoms with Crippen LogP contribution in [-0.4, -0.2) is 31.3 Å². The van der Waals surface area contributed by atoms with Crippen LogP contribution in [0.15, 0.2) is 36.4 Å². The molecular weight excluding hydrogens is 302 g/mol. The maximum absolute atomic E-state index is 12.1. The van der Waals surface area contributed by atoms with Crippen molar-refractivity contribution in [1.29, 1.82) is 0 Å². The summed E-state index contributed by atoms with van der Waals surface area (Å²) in [5.74, 6) is 0.751. The lowest BCUT2D eigenvalue weighted by atomic mass is 10.0. The van der Waals surface area contributed by atoms with Gasteiger partial charge in [-0.15, -0.1) is 10.2 Å². The fourth-order valence-electron chi connectivity index (χ4n) is 2.90. The fraction of sp³-hybridized carbons (Fsp3) is 0.333. The molecule has 0 radical (unpaired) electrons. The number of aromatic nitrogens is 4. The third kappa shape index (κ3) is 2.87. The van der Waals surface area contributed by atoms with Crippen LogP contribution >= 0.6 is 0 Å². The van der Waals surface area contributed by atoms with Crippen molar-refractivity contribution in [3.63, 3.8) is 0 Å². The highest BCUT2D eigenvalue weighted by molar-refractivity contribution is 5.93. The fourth-order valence-corrected chi connectivity index (χ4v) is 2.90. The van der Waals surface area contributed by atoms with Gasteiger partial charge in [-0.25, -0.2) is 0 Å². The summed E-state index contributed by atoms with van der Waals surface area (Å²) < 4.78 is 1.72. The van der Waals surface area contributed by atoms with Gasteiger partial charge in [-0.2, -0.15) is 9.61 Å². The van der Waals surface area contributed by atoms with E-state index < -0.39 is 0 Å². The minimum Gasteiger partial charge on any atom is -0.307 e. The molecule has 0 aliphatic carbocycles. The standard InChI is InChI=1S/C18H21N5O/c1-12-19-20-17-10-9-16(21-23(12)17)14-7-6-8-15(11-14)22(13(2)24)18(3,4)5/h6-11H,1-5H3. The number of rotatable bonds is 2. The van der Waals surface area contributed by atoms with Gasteiger partial charge < -0.3 is 4.90 Å². The molecule has 2 aromatic heterocycles. The van der Waals surface area contributed by atoms with E-state index in [1.54, 1.807) is 16.3 Å². The molecule has 0 spiro atoms. The van der Waals surface area contributed by atoms with Gasteiger partial charge in [0.2, 0.25) is 5.91 Å². The van der Waals surface area contributed by atoms with Crippen molar-refractivity contribution >= 4 is 17.2 Å². The Bertz CT molecular complexity index is 907. The van der Waals surface area contributed by atoms with E-state index in [-0.39, 0.29) is 11.4 Å². The van der Waals surface area contributed by atoms with Gasteiger partial charge in [0, 0.05) is 23.7 Å². The number of anilines is 1. The molecule has 0 bridgehead atoms. The highest BCUT2D eigenvalue weighted by Crippen LogP contribution is 2.28. The first-order chi connectivity index (χ1) is 11.3. The molecule has 0 unspecified atom stereocenters. The first-order valence-corrected chi connectivity index (χ1v) is 7.88. The summed E-state index contributed by atoms with van der Waals surface area (Å²) in [4.78, 5) is 13.9. The molecule has 0 N–H and O–H groups in total. The Kier molecular flexibility index (Phi) is 3.83. The van der Waals surface area contributed by atoms with Gasteiger partial charge in [0.1, 0.15) is 0 Å². The van der Waals surface area contributed by atoms with Crippen molar-refractivity contribution in [2.75, 3.05) is 4.90 Å². The van der Waals surface area contributed by atoms with E-state index in [9.17, 15) is 4.79 Å². The van der Waals surface area contributed by atoms with Crippen LogP contribution in [0.25, 0.3) is 16.9 Å². The first-order valence-electron chi connectivity index (χ1n) is 7.88. The third-order valence-electron chi connectivity index (χ3n) is 3.80. The van der Waals surface area contributed by atoms with E-state index in [4.69, 9.17) is 0 Å². The maximum Gasteiger partial charge on any atom is 0.224 e. The quantitative estimate of drug-likeness (QED) is 0.726. The zero-order valence-corrected chi connectivity index (χ0v) is 14.6. The smallest absolute Gasteiger partial charge is 0.224 e. The number of hydrogen-bond donors (Lipinski definition) is 0. The highest BCUT2D eigenvalue weighted by atomic mass is 16.2. The number of aryl methyl sites for hydroxylation is 1. The number of carbonyl (C=O) groups is 1. The molecule has 0 fully saturated rings. The Morgan fingerprint density at radius 2 is 1.88 bits per heavy atom. The second kappa shape index (κ2) is 5.70. The van der Waals surface area contributed by atoms with Crippen LogP contribution in [0.3, 0.4) is 0 Å². The molecule has 6 nitrogen and oxygen atoms in total. The van der Waals surface area contributed by atoms with Crippen molar-refractivity contribution in [3.05, 3.63) is 42.2 Å². The van der Waals surface area contributed by atoms with Gasteiger partial charge in [0.15, 0.2) is 11.5 Å². The Hall–Kier alpha value is -2.76. The van der Waals surface area contributed by atoms with Crippen molar-refractivity contribution in [3.8, 4) is 11.3 Å². The lowest BCUT2D eigenvalue weighted by molar-refractivity contribution is -0.117. The Balaban J connectivity index is 2.09. The van der Waals surface area contributed by atoms with Gasteiger partial charge in [-0.05, 0) is 52.0 Å². The van der Waals surface area contributed by atoms with Crippen LogP contribution in [0.4, 0.5) is 5.69 Å². The number of benzene rings is 1. The molecule has 6 heteroatoms. The highest BCUT2D eigenvalue weighted by Gasteiger charge is 2.25. The Morgan fingerprint density at radius 1 is 1.12 bits per heavy atom. The van der Waals surface area contributed by atoms with E-state index >= 15 is 0 Å². The molecule has 0 aliphatic heterocycles. The van der Waals surface area contributed by atoms with E-state index in [1.165, 1.54) is 0 Å². The number of hydrogen-bond acceptors (Lipinski definition) is 4. The topological polar surface area (TPSA) is 63.4 Å². The summed E-state index contributed by atoms with van der Waals surface area (Å²) in [5, 5.41) is 12.7. The van der Waals surface area contributed by atoms with E-state index in [0.29, 0.717) is 5.65 Å². The molecule has 2 heterocycles. The summed E-state index contributed by atoms with van der Waals surface area (Å²) in [5.41, 5.74) is 3.03. The summed E-state index contributed by atoms with van der Waals surface area (Å²) in [6, 6.07) is 11.7. The van der Waals surface area contributed by atoms with E-state index in [0.717, 1.165) is 22.8 Å². The van der Waals surface area contributed by atoms with Crippen LogP contribution in [0.5, 0.6) is 0 Å². The molecule has 0 saturated carbocycles. The van der Waals surface area contributed by atoms with Crippen LogP contribution in [-0.2, 0) is 4.79 Å². The largest absolute Gasteiger partial charge is 0.307 e. The van der Waals surface area contributed by atoms with Gasteiger partial charge in [0.05, 0.1) is 5.69 Å². The Morgan fingerprint density at radius 3 is 2.54 bits per heavy atom. The zero-order valence-electron chi connectivity index (χ0n) is 14.6. The summed E-state index contributed by atoms with van der Waals surface area (Å²) in [6.45, 7) is 9.51. The van der Waals surface area contributed by atoms with Crippen molar-refractivity contribution in [2.45, 2.75) is 40.2 Å². The first kappa shape index (κ1) is 16.1. The average Bonchev–Trinajstić information content (AvgIpc) is 2.87. The second-order valence-electron chi connectivity index (χ2n) is 6.81. The molecule has 1 amide bonds. The number of nitrogens with zero attached hydrogens (tertiary/aromatic N) is 5. The van der Waals surface area contributed by atoms with Gasteiger partial charge in [-0.1, -0.05) is 12.1 Å². The molecule has 0 atom stereocenters. The second-order valence-corrected chi connectivity index (χ2v) is 6.81. The summed E-state index contributed by atoms with van der Waals surface area (Å²) >= 11 is 0. The maximum atomic E-state index is 12.1. The molecule has 124 valence electrons. The van der Waals surface area contributed by atoms with E-state index in [2.05, 4.69) is 15.3 Å². The van der Waals surface area contributed by atoms with Gasteiger partial charge in [0.25, 0.3) is 0 Å². The average molecular weight is 323 g/mol. The van der Waals surface area contributed by atoms with Gasteiger partial charge >= 0.3 is 0 Å².